The summed E-state index contributed by atoms with van der Waals surface area (Å²) in [7, 11) is -1.18. The van der Waals surface area contributed by atoms with Crippen molar-refractivity contribution in [2.45, 2.75) is 31.3 Å². The third kappa shape index (κ3) is 6.78. The van der Waals surface area contributed by atoms with E-state index in [1.807, 2.05) is 6.92 Å². The van der Waals surface area contributed by atoms with Gasteiger partial charge in [-0.15, -0.1) is 0 Å². The molecule has 0 spiro atoms. The number of nitrogens with zero attached hydrogens (tertiary/aromatic N) is 2. The number of nitrogens with one attached hydrogen (secondary N) is 1. The second-order valence-electron chi connectivity index (χ2n) is 8.58. The molecule has 3 rings (SSSR count). The lowest BCUT2D eigenvalue weighted by Crippen LogP contribution is -2.50. The molecule has 0 radical (unpaired) electrons. The van der Waals surface area contributed by atoms with Gasteiger partial charge in [0.15, 0.2) is 0 Å². The van der Waals surface area contributed by atoms with Gasteiger partial charge in [0.05, 0.1) is 27.7 Å². The molecule has 3 aromatic carbocycles. The first-order valence-electron chi connectivity index (χ1n) is 11.7. The molecule has 0 aliphatic carbocycles. The van der Waals surface area contributed by atoms with Crippen molar-refractivity contribution in [2.24, 2.45) is 0 Å². The van der Waals surface area contributed by atoms with Crippen molar-refractivity contribution in [2.75, 3.05) is 25.0 Å². The summed E-state index contributed by atoms with van der Waals surface area (Å²) < 4.78 is 33.8. The molecule has 38 heavy (non-hydrogen) atoms. The van der Waals surface area contributed by atoms with E-state index in [0.29, 0.717) is 21.4 Å². The molecule has 0 fully saturated rings. The highest BCUT2D eigenvalue weighted by molar-refractivity contribution is 7.92. The van der Waals surface area contributed by atoms with Gasteiger partial charge in [0, 0.05) is 13.6 Å². The SMILES string of the molecule is CNC(=O)[C@H](C)N(Cc1ccc(Cl)c(Cl)c1)C(=O)CN(c1ccc(OC)cc1)S(=O)(=O)c1ccc(C)cc1. The monoisotopic (exact) mass is 577 g/mol. The molecule has 0 unspecified atom stereocenters. The fraction of sp³-hybridized carbons (Fsp3) is 0.259. The van der Waals surface area contributed by atoms with Gasteiger partial charge in [0.1, 0.15) is 18.3 Å². The number of benzene rings is 3. The van der Waals surface area contributed by atoms with Gasteiger partial charge in [-0.2, -0.15) is 0 Å². The number of aryl methyl sites for hydroxylation is 1. The lowest BCUT2D eigenvalue weighted by atomic mass is 10.1. The standard InChI is InChI=1S/C27H29Cl2N3O5S/c1-18-5-12-23(13-6-18)38(35,36)32(21-8-10-22(37-4)11-9-21)17-26(33)31(19(2)27(34)30-3)16-20-7-14-24(28)25(29)15-20/h5-15,19H,16-17H2,1-4H3,(H,30,34)/t19-/m0/s1. The van der Waals surface area contributed by atoms with Crippen molar-refractivity contribution >= 4 is 50.7 Å². The maximum absolute atomic E-state index is 13.8. The Hall–Kier alpha value is -3.27. The van der Waals surface area contributed by atoms with Crippen LogP contribution in [0.25, 0.3) is 0 Å². The molecule has 2 amide bonds. The molecule has 0 saturated carbocycles. The second kappa shape index (κ2) is 12.5. The van der Waals surface area contributed by atoms with E-state index in [2.05, 4.69) is 5.32 Å². The first kappa shape index (κ1) is 29.3. The van der Waals surface area contributed by atoms with Crippen molar-refractivity contribution in [3.63, 3.8) is 0 Å². The molecule has 0 aliphatic heterocycles. The average molecular weight is 579 g/mol. The van der Waals surface area contributed by atoms with Gasteiger partial charge < -0.3 is 15.0 Å². The third-order valence-corrected chi connectivity index (χ3v) is 8.53. The van der Waals surface area contributed by atoms with Crippen LogP contribution in [0.3, 0.4) is 0 Å². The van der Waals surface area contributed by atoms with E-state index in [0.717, 1.165) is 9.87 Å². The molecule has 0 saturated heterocycles. The Balaban J connectivity index is 2.04. The van der Waals surface area contributed by atoms with Crippen LogP contribution in [-0.2, 0) is 26.2 Å². The van der Waals surface area contributed by atoms with E-state index in [-0.39, 0.29) is 17.1 Å². The summed E-state index contributed by atoms with van der Waals surface area (Å²) in [6, 6.07) is 16.7. The number of likely N-dealkylation sites (N-methyl/N-ethyl adjacent to an activating group) is 1. The fourth-order valence-electron chi connectivity index (χ4n) is 3.74. The van der Waals surface area contributed by atoms with Crippen molar-refractivity contribution in [1.29, 1.82) is 0 Å². The number of anilines is 1. The molecule has 0 aromatic heterocycles. The van der Waals surface area contributed by atoms with Crippen LogP contribution in [0, 0.1) is 6.92 Å². The number of halogens is 2. The first-order valence-corrected chi connectivity index (χ1v) is 13.9. The minimum atomic E-state index is -4.15. The van der Waals surface area contributed by atoms with Crippen molar-refractivity contribution in [1.82, 2.24) is 10.2 Å². The van der Waals surface area contributed by atoms with Gasteiger partial charge in [0.25, 0.3) is 10.0 Å². The van der Waals surface area contributed by atoms with Gasteiger partial charge >= 0.3 is 0 Å². The van der Waals surface area contributed by atoms with E-state index in [1.165, 1.54) is 31.2 Å². The number of ether oxygens (including phenoxy) is 1. The predicted molar refractivity (Wildman–Crippen MR) is 149 cm³/mol. The molecular formula is C27H29Cl2N3O5S. The molecule has 0 aliphatic rings. The Labute approximate surface area is 233 Å². The highest BCUT2D eigenvalue weighted by Gasteiger charge is 2.32. The number of hydrogen-bond acceptors (Lipinski definition) is 5. The van der Waals surface area contributed by atoms with E-state index >= 15 is 0 Å². The fourth-order valence-corrected chi connectivity index (χ4v) is 5.48. The number of rotatable bonds is 10. The molecule has 8 nitrogen and oxygen atoms in total. The topological polar surface area (TPSA) is 96.0 Å². The van der Waals surface area contributed by atoms with Gasteiger partial charge in [-0.25, -0.2) is 8.42 Å². The largest absolute Gasteiger partial charge is 0.497 e. The minimum Gasteiger partial charge on any atom is -0.497 e. The zero-order valence-electron chi connectivity index (χ0n) is 21.4. The van der Waals surface area contributed by atoms with Crippen molar-refractivity contribution in [3.05, 3.63) is 87.9 Å². The molecule has 3 aromatic rings. The zero-order valence-corrected chi connectivity index (χ0v) is 23.8. The summed E-state index contributed by atoms with van der Waals surface area (Å²) in [6.45, 7) is 2.87. The van der Waals surface area contributed by atoms with Crippen LogP contribution in [0.1, 0.15) is 18.1 Å². The lowest BCUT2D eigenvalue weighted by molar-refractivity contribution is -0.139. The molecule has 202 valence electrons. The summed E-state index contributed by atoms with van der Waals surface area (Å²) in [4.78, 5) is 27.6. The number of amides is 2. The average Bonchev–Trinajstić information content (AvgIpc) is 2.91. The van der Waals surface area contributed by atoms with E-state index in [1.54, 1.807) is 61.5 Å². The molecular weight excluding hydrogens is 549 g/mol. The number of carbonyl (C=O) groups is 2. The quantitative estimate of drug-likeness (QED) is 0.378. The Kier molecular flexibility index (Phi) is 9.65. The molecule has 1 atom stereocenters. The van der Waals surface area contributed by atoms with E-state index in [9.17, 15) is 18.0 Å². The number of sulfonamides is 1. The van der Waals surface area contributed by atoms with Crippen LogP contribution in [0.2, 0.25) is 10.0 Å². The maximum Gasteiger partial charge on any atom is 0.264 e. The van der Waals surface area contributed by atoms with Gasteiger partial charge in [-0.05, 0) is 67.9 Å². The molecule has 1 N–H and O–H groups in total. The minimum absolute atomic E-state index is 0.00530. The van der Waals surface area contributed by atoms with Crippen molar-refractivity contribution in [3.8, 4) is 5.75 Å². The number of hydrogen-bond donors (Lipinski definition) is 1. The Morgan fingerprint density at radius 1 is 0.974 bits per heavy atom. The van der Waals surface area contributed by atoms with Crippen LogP contribution in [0.15, 0.2) is 71.6 Å². The first-order chi connectivity index (χ1) is 18.0. The molecule has 0 heterocycles. The second-order valence-corrected chi connectivity index (χ2v) is 11.3. The maximum atomic E-state index is 13.8. The number of methoxy groups -OCH3 is 1. The molecule has 11 heteroatoms. The van der Waals surface area contributed by atoms with Gasteiger partial charge in [-0.3, -0.25) is 13.9 Å². The number of carbonyl (C=O) groups excluding carboxylic acids is 2. The van der Waals surface area contributed by atoms with E-state index < -0.39 is 34.4 Å². The van der Waals surface area contributed by atoms with Crippen LogP contribution in [0.5, 0.6) is 5.75 Å². The molecule has 0 bridgehead atoms. The van der Waals surface area contributed by atoms with Crippen LogP contribution < -0.4 is 14.4 Å². The predicted octanol–water partition coefficient (Wildman–Crippen LogP) is 4.67. The Morgan fingerprint density at radius 2 is 1.61 bits per heavy atom. The third-order valence-electron chi connectivity index (χ3n) is 6.00. The van der Waals surface area contributed by atoms with Gasteiger partial charge in [0.2, 0.25) is 11.8 Å². The lowest BCUT2D eigenvalue weighted by Gasteiger charge is -2.32. The van der Waals surface area contributed by atoms with Crippen LogP contribution in [-0.4, -0.2) is 51.9 Å². The van der Waals surface area contributed by atoms with E-state index in [4.69, 9.17) is 27.9 Å². The summed E-state index contributed by atoms with van der Waals surface area (Å²) in [6.07, 6.45) is 0. The smallest absolute Gasteiger partial charge is 0.264 e. The Morgan fingerprint density at radius 3 is 2.16 bits per heavy atom. The summed E-state index contributed by atoms with van der Waals surface area (Å²) in [5.74, 6) is -0.461. The highest BCUT2D eigenvalue weighted by atomic mass is 35.5. The normalized spacial score (nSPS) is 11.9. The Bertz CT molecular complexity index is 1400. The van der Waals surface area contributed by atoms with Crippen LogP contribution >= 0.6 is 23.2 Å². The summed E-state index contributed by atoms with van der Waals surface area (Å²) in [5, 5.41) is 3.19. The zero-order chi connectivity index (χ0) is 28.0. The summed E-state index contributed by atoms with van der Waals surface area (Å²) in [5.41, 5.74) is 1.78. The van der Waals surface area contributed by atoms with Gasteiger partial charge in [-0.1, -0.05) is 47.0 Å². The van der Waals surface area contributed by atoms with Crippen molar-refractivity contribution < 1.29 is 22.7 Å². The highest BCUT2D eigenvalue weighted by Crippen LogP contribution is 2.27. The summed E-state index contributed by atoms with van der Waals surface area (Å²) >= 11 is 12.2. The van der Waals surface area contributed by atoms with Crippen LogP contribution in [0.4, 0.5) is 5.69 Å².